The van der Waals surface area contributed by atoms with E-state index in [4.69, 9.17) is 16.1 Å². The fourth-order valence-electron chi connectivity index (χ4n) is 1.11. The van der Waals surface area contributed by atoms with Crippen molar-refractivity contribution in [3.63, 3.8) is 0 Å². The average molecular weight is 302 g/mol. The molecule has 0 bridgehead atoms. The van der Waals surface area contributed by atoms with Gasteiger partial charge in [-0.3, -0.25) is 4.79 Å². The number of benzene rings is 1. The van der Waals surface area contributed by atoms with Crippen molar-refractivity contribution in [2.75, 3.05) is 5.32 Å². The lowest BCUT2D eigenvalue weighted by atomic mass is 10.3. The van der Waals surface area contributed by atoms with Crippen molar-refractivity contribution in [3.05, 3.63) is 45.7 Å². The zero-order valence-electron chi connectivity index (χ0n) is 7.91. The maximum Gasteiger partial charge on any atom is 0.294 e. The van der Waals surface area contributed by atoms with E-state index in [9.17, 15) is 4.79 Å². The monoisotopic (exact) mass is 300 g/mol. The highest BCUT2D eigenvalue weighted by Crippen LogP contribution is 2.26. The van der Waals surface area contributed by atoms with Crippen LogP contribution < -0.4 is 5.32 Å². The maximum atomic E-state index is 11.6. The summed E-state index contributed by atoms with van der Waals surface area (Å²) < 4.78 is 5.47. The SMILES string of the molecule is O=C(Nc1cc(Cl)ccc1Br)c1ccno1. The van der Waals surface area contributed by atoms with E-state index >= 15 is 0 Å². The number of nitrogens with one attached hydrogen (secondary N) is 1. The Hall–Kier alpha value is -1.33. The molecular formula is C10H6BrClN2O2. The van der Waals surface area contributed by atoms with Gasteiger partial charge in [-0.25, -0.2) is 0 Å². The summed E-state index contributed by atoms with van der Waals surface area (Å²) in [5.74, 6) is -0.229. The van der Waals surface area contributed by atoms with Crippen molar-refractivity contribution in [1.82, 2.24) is 5.16 Å². The van der Waals surface area contributed by atoms with Gasteiger partial charge in [0.1, 0.15) is 0 Å². The number of carbonyl (C=O) groups is 1. The Kier molecular flexibility index (Phi) is 3.26. The first-order valence-corrected chi connectivity index (χ1v) is 5.51. The van der Waals surface area contributed by atoms with E-state index in [1.807, 2.05) is 0 Å². The Bertz CT molecular complexity index is 514. The van der Waals surface area contributed by atoms with Gasteiger partial charge in [-0.2, -0.15) is 0 Å². The molecule has 0 atom stereocenters. The first kappa shape index (κ1) is 11.2. The number of anilines is 1. The van der Waals surface area contributed by atoms with Crippen molar-refractivity contribution in [1.29, 1.82) is 0 Å². The standard InChI is InChI=1S/C10H6BrClN2O2/c11-7-2-1-6(12)5-8(7)14-10(15)9-3-4-13-16-9/h1-5H,(H,14,15). The summed E-state index contributed by atoms with van der Waals surface area (Å²) in [6.45, 7) is 0. The van der Waals surface area contributed by atoms with Crippen LogP contribution in [-0.4, -0.2) is 11.1 Å². The molecule has 6 heteroatoms. The van der Waals surface area contributed by atoms with Gasteiger partial charge in [0, 0.05) is 15.6 Å². The molecule has 0 aliphatic carbocycles. The molecule has 16 heavy (non-hydrogen) atoms. The summed E-state index contributed by atoms with van der Waals surface area (Å²) in [4.78, 5) is 11.6. The van der Waals surface area contributed by atoms with Crippen LogP contribution in [-0.2, 0) is 0 Å². The van der Waals surface area contributed by atoms with Crippen molar-refractivity contribution in [2.24, 2.45) is 0 Å². The number of aromatic nitrogens is 1. The smallest absolute Gasteiger partial charge is 0.294 e. The second-order valence-corrected chi connectivity index (χ2v) is 4.25. The van der Waals surface area contributed by atoms with Crippen LogP contribution in [0.4, 0.5) is 5.69 Å². The Morgan fingerprint density at radius 1 is 1.44 bits per heavy atom. The van der Waals surface area contributed by atoms with Gasteiger partial charge in [0.15, 0.2) is 0 Å². The van der Waals surface area contributed by atoms with E-state index < -0.39 is 0 Å². The molecule has 2 aromatic rings. The van der Waals surface area contributed by atoms with E-state index in [1.54, 1.807) is 18.2 Å². The maximum absolute atomic E-state index is 11.6. The van der Waals surface area contributed by atoms with Gasteiger partial charge in [0.2, 0.25) is 5.76 Å². The van der Waals surface area contributed by atoms with Crippen LogP contribution in [0.3, 0.4) is 0 Å². The Balaban J connectivity index is 2.21. The van der Waals surface area contributed by atoms with Crippen LogP contribution in [0, 0.1) is 0 Å². The molecule has 4 nitrogen and oxygen atoms in total. The van der Waals surface area contributed by atoms with Crippen LogP contribution in [0.2, 0.25) is 5.02 Å². The van der Waals surface area contributed by atoms with E-state index in [-0.39, 0.29) is 11.7 Å². The third-order valence-electron chi connectivity index (χ3n) is 1.84. The number of amides is 1. The molecule has 0 aliphatic heterocycles. The normalized spacial score (nSPS) is 10.1. The minimum Gasteiger partial charge on any atom is -0.351 e. The second kappa shape index (κ2) is 4.67. The molecule has 82 valence electrons. The Labute approximate surface area is 105 Å². The number of hydrogen-bond acceptors (Lipinski definition) is 3. The molecule has 0 fully saturated rings. The zero-order valence-corrected chi connectivity index (χ0v) is 10.2. The highest BCUT2D eigenvalue weighted by Gasteiger charge is 2.11. The predicted molar refractivity (Wildman–Crippen MR) is 63.6 cm³/mol. The van der Waals surface area contributed by atoms with Crippen LogP contribution >= 0.6 is 27.5 Å². The highest BCUT2D eigenvalue weighted by atomic mass is 79.9. The molecule has 1 amide bonds. The molecule has 2 rings (SSSR count). The number of rotatable bonds is 2. The molecule has 1 aromatic heterocycles. The van der Waals surface area contributed by atoms with Gasteiger partial charge in [-0.1, -0.05) is 16.8 Å². The van der Waals surface area contributed by atoms with E-state index in [0.29, 0.717) is 10.7 Å². The predicted octanol–water partition coefficient (Wildman–Crippen LogP) is 3.34. The molecule has 1 aromatic carbocycles. The number of hydrogen-bond donors (Lipinski definition) is 1. The van der Waals surface area contributed by atoms with Gasteiger partial charge >= 0.3 is 0 Å². The van der Waals surface area contributed by atoms with Crippen molar-refractivity contribution in [2.45, 2.75) is 0 Å². The molecular weight excluding hydrogens is 295 g/mol. The van der Waals surface area contributed by atoms with Gasteiger partial charge in [-0.15, -0.1) is 0 Å². The molecule has 0 spiro atoms. The molecule has 1 N–H and O–H groups in total. The number of halogens is 2. The number of carbonyl (C=O) groups excluding carboxylic acids is 1. The summed E-state index contributed by atoms with van der Waals surface area (Å²) in [6.07, 6.45) is 1.40. The van der Waals surface area contributed by atoms with Crippen molar-refractivity contribution < 1.29 is 9.32 Å². The van der Waals surface area contributed by atoms with Crippen LogP contribution in [0.1, 0.15) is 10.6 Å². The van der Waals surface area contributed by atoms with Crippen molar-refractivity contribution >= 4 is 39.1 Å². The highest BCUT2D eigenvalue weighted by molar-refractivity contribution is 9.10. The second-order valence-electron chi connectivity index (χ2n) is 2.95. The largest absolute Gasteiger partial charge is 0.351 e. The first-order chi connectivity index (χ1) is 7.66. The van der Waals surface area contributed by atoms with E-state index in [1.165, 1.54) is 12.3 Å². The minimum atomic E-state index is -0.375. The summed E-state index contributed by atoms with van der Waals surface area (Å²) >= 11 is 9.12. The first-order valence-electron chi connectivity index (χ1n) is 4.34. The van der Waals surface area contributed by atoms with Gasteiger partial charge in [0.05, 0.1) is 11.9 Å². The third kappa shape index (κ3) is 2.43. The quantitative estimate of drug-likeness (QED) is 0.925. The fraction of sp³-hybridized carbons (Fsp3) is 0. The van der Waals surface area contributed by atoms with E-state index in [0.717, 1.165) is 4.47 Å². The molecule has 0 radical (unpaired) electrons. The minimum absolute atomic E-state index is 0.145. The molecule has 0 saturated heterocycles. The summed E-state index contributed by atoms with van der Waals surface area (Å²) in [7, 11) is 0. The van der Waals surface area contributed by atoms with Gasteiger partial charge in [0.25, 0.3) is 5.91 Å². The average Bonchev–Trinajstić information content (AvgIpc) is 2.76. The van der Waals surface area contributed by atoms with Crippen LogP contribution in [0.15, 0.2) is 39.5 Å². The Morgan fingerprint density at radius 2 is 2.25 bits per heavy atom. The lowest BCUT2D eigenvalue weighted by Crippen LogP contribution is -2.11. The third-order valence-corrected chi connectivity index (χ3v) is 2.76. The molecule has 0 unspecified atom stereocenters. The lowest BCUT2D eigenvalue weighted by Gasteiger charge is -2.05. The summed E-state index contributed by atoms with van der Waals surface area (Å²) in [5, 5.41) is 6.64. The fourth-order valence-corrected chi connectivity index (χ4v) is 1.63. The summed E-state index contributed by atoms with van der Waals surface area (Å²) in [6, 6.07) is 6.59. The number of nitrogens with zero attached hydrogens (tertiary/aromatic N) is 1. The van der Waals surface area contributed by atoms with E-state index in [2.05, 4.69) is 26.4 Å². The van der Waals surface area contributed by atoms with Crippen LogP contribution in [0.5, 0.6) is 0 Å². The zero-order chi connectivity index (χ0) is 11.5. The van der Waals surface area contributed by atoms with Crippen molar-refractivity contribution in [3.8, 4) is 0 Å². The van der Waals surface area contributed by atoms with Crippen LogP contribution in [0.25, 0.3) is 0 Å². The van der Waals surface area contributed by atoms with Gasteiger partial charge < -0.3 is 9.84 Å². The lowest BCUT2D eigenvalue weighted by molar-refractivity contribution is 0.0988. The van der Waals surface area contributed by atoms with Gasteiger partial charge in [-0.05, 0) is 34.1 Å². The molecule has 0 saturated carbocycles. The summed E-state index contributed by atoms with van der Waals surface area (Å²) in [5.41, 5.74) is 0.578. The molecule has 0 aliphatic rings. The Morgan fingerprint density at radius 3 is 2.94 bits per heavy atom. The molecule has 1 heterocycles. The topological polar surface area (TPSA) is 55.1 Å².